The molecule has 3 rings (SSSR count). The average molecular weight is 292 g/mol. The number of aryl methyl sites for hydroxylation is 2. The van der Waals surface area contributed by atoms with Crippen molar-refractivity contribution in [1.29, 1.82) is 0 Å². The van der Waals surface area contributed by atoms with Crippen LogP contribution in [-0.4, -0.2) is 9.97 Å². The Bertz CT molecular complexity index is 871. The summed E-state index contributed by atoms with van der Waals surface area (Å²) in [6.45, 7) is 8.60. The number of benzene rings is 2. The molecule has 0 aliphatic heterocycles. The van der Waals surface area contributed by atoms with Crippen LogP contribution < -0.4 is 11.5 Å². The predicted octanol–water partition coefficient (Wildman–Crippen LogP) is 3.69. The van der Waals surface area contributed by atoms with Gasteiger partial charge in [-0.15, -0.1) is 0 Å². The first-order valence-corrected chi connectivity index (χ1v) is 7.29. The lowest BCUT2D eigenvalue weighted by atomic mass is 9.89. The van der Waals surface area contributed by atoms with Crippen molar-refractivity contribution in [2.45, 2.75) is 27.7 Å². The fraction of sp³-hybridized carbons (Fsp3) is 0.222. The molecule has 1 heterocycles. The quantitative estimate of drug-likeness (QED) is 0.717. The predicted molar refractivity (Wildman–Crippen MR) is 92.7 cm³/mol. The van der Waals surface area contributed by atoms with Crippen molar-refractivity contribution in [3.8, 4) is 11.1 Å². The summed E-state index contributed by atoms with van der Waals surface area (Å²) >= 11 is 0. The van der Waals surface area contributed by atoms with Crippen molar-refractivity contribution >= 4 is 22.7 Å². The standard InChI is InChI=1S/C18H20N4/c1-9-7-10(2)12(4)16(11(9)3)13-5-6-15-14(8-13)17(19)22-18(20)21-15/h5-8H,1-4H3,(H4,19,20,21,22). The second-order valence-corrected chi connectivity index (χ2v) is 5.83. The Hall–Kier alpha value is -2.62. The van der Waals surface area contributed by atoms with Gasteiger partial charge >= 0.3 is 0 Å². The molecule has 4 N–H and O–H groups in total. The van der Waals surface area contributed by atoms with Crippen molar-refractivity contribution in [3.05, 3.63) is 46.5 Å². The molecule has 0 fully saturated rings. The number of nitrogens with zero attached hydrogens (tertiary/aromatic N) is 2. The Balaban J connectivity index is 2.32. The molecular weight excluding hydrogens is 272 g/mol. The van der Waals surface area contributed by atoms with E-state index >= 15 is 0 Å². The van der Waals surface area contributed by atoms with E-state index in [1.54, 1.807) is 0 Å². The maximum absolute atomic E-state index is 6.01. The second-order valence-electron chi connectivity index (χ2n) is 5.83. The van der Waals surface area contributed by atoms with Crippen LogP contribution in [0.5, 0.6) is 0 Å². The third-order valence-electron chi connectivity index (χ3n) is 4.40. The van der Waals surface area contributed by atoms with Crippen molar-refractivity contribution in [2.75, 3.05) is 11.5 Å². The monoisotopic (exact) mass is 292 g/mol. The van der Waals surface area contributed by atoms with E-state index in [-0.39, 0.29) is 5.95 Å². The number of nitrogens with two attached hydrogens (primary N) is 2. The molecular formula is C18H20N4. The number of nitrogen functional groups attached to an aromatic ring is 2. The summed E-state index contributed by atoms with van der Waals surface area (Å²) in [4.78, 5) is 8.30. The van der Waals surface area contributed by atoms with Crippen LogP contribution in [0.15, 0.2) is 24.3 Å². The van der Waals surface area contributed by atoms with Crippen LogP contribution in [0.1, 0.15) is 22.3 Å². The maximum atomic E-state index is 6.01. The van der Waals surface area contributed by atoms with Gasteiger partial charge < -0.3 is 11.5 Å². The van der Waals surface area contributed by atoms with Gasteiger partial charge in [0.25, 0.3) is 0 Å². The van der Waals surface area contributed by atoms with E-state index in [2.05, 4.69) is 55.9 Å². The molecule has 1 aromatic heterocycles. The molecule has 0 saturated heterocycles. The van der Waals surface area contributed by atoms with E-state index in [1.807, 2.05) is 6.07 Å². The van der Waals surface area contributed by atoms with Crippen LogP contribution in [0.4, 0.5) is 11.8 Å². The summed E-state index contributed by atoms with van der Waals surface area (Å²) in [7, 11) is 0. The summed E-state index contributed by atoms with van der Waals surface area (Å²) in [6.07, 6.45) is 0. The first kappa shape index (κ1) is 14.3. The first-order valence-electron chi connectivity index (χ1n) is 7.29. The van der Waals surface area contributed by atoms with Gasteiger partial charge in [-0.1, -0.05) is 12.1 Å². The lowest BCUT2D eigenvalue weighted by Crippen LogP contribution is -2.01. The highest BCUT2D eigenvalue weighted by Gasteiger charge is 2.12. The van der Waals surface area contributed by atoms with Crippen molar-refractivity contribution < 1.29 is 0 Å². The van der Waals surface area contributed by atoms with Gasteiger partial charge in [0.1, 0.15) is 5.82 Å². The molecule has 0 aliphatic rings. The molecule has 22 heavy (non-hydrogen) atoms. The minimum Gasteiger partial charge on any atom is -0.383 e. The minimum absolute atomic E-state index is 0.205. The van der Waals surface area contributed by atoms with E-state index in [1.165, 1.54) is 27.8 Å². The van der Waals surface area contributed by atoms with Gasteiger partial charge in [-0.3, -0.25) is 0 Å². The van der Waals surface area contributed by atoms with Crippen molar-refractivity contribution in [2.24, 2.45) is 0 Å². The third kappa shape index (κ3) is 2.17. The van der Waals surface area contributed by atoms with Gasteiger partial charge in [0.15, 0.2) is 0 Å². The van der Waals surface area contributed by atoms with Crippen LogP contribution in [0.25, 0.3) is 22.0 Å². The van der Waals surface area contributed by atoms with E-state index < -0.39 is 0 Å². The maximum Gasteiger partial charge on any atom is 0.222 e. The molecule has 4 nitrogen and oxygen atoms in total. The Morgan fingerprint density at radius 3 is 2.09 bits per heavy atom. The highest BCUT2D eigenvalue weighted by molar-refractivity contribution is 5.93. The van der Waals surface area contributed by atoms with Gasteiger partial charge in [0.05, 0.1) is 5.52 Å². The molecule has 112 valence electrons. The molecule has 0 bridgehead atoms. The summed E-state index contributed by atoms with van der Waals surface area (Å²) in [6, 6.07) is 8.31. The molecule has 0 spiro atoms. The van der Waals surface area contributed by atoms with Crippen LogP contribution in [0, 0.1) is 27.7 Å². The number of hydrogen-bond donors (Lipinski definition) is 2. The largest absolute Gasteiger partial charge is 0.383 e. The van der Waals surface area contributed by atoms with Gasteiger partial charge in [-0.2, -0.15) is 4.98 Å². The topological polar surface area (TPSA) is 77.8 Å². The summed E-state index contributed by atoms with van der Waals surface area (Å²) in [5, 5.41) is 0.838. The molecule has 0 atom stereocenters. The van der Waals surface area contributed by atoms with Crippen LogP contribution in [0.3, 0.4) is 0 Å². The molecule has 0 unspecified atom stereocenters. The van der Waals surface area contributed by atoms with Crippen molar-refractivity contribution in [3.63, 3.8) is 0 Å². The number of aromatic nitrogens is 2. The normalized spacial score (nSPS) is 11.1. The van der Waals surface area contributed by atoms with E-state index in [0.717, 1.165) is 16.5 Å². The molecule has 4 heteroatoms. The van der Waals surface area contributed by atoms with Crippen LogP contribution in [0.2, 0.25) is 0 Å². The first-order chi connectivity index (χ1) is 10.4. The second kappa shape index (κ2) is 4.98. The van der Waals surface area contributed by atoms with E-state index in [4.69, 9.17) is 11.5 Å². The number of anilines is 2. The van der Waals surface area contributed by atoms with E-state index in [0.29, 0.717) is 5.82 Å². The number of fused-ring (bicyclic) bond motifs is 1. The number of hydrogen-bond acceptors (Lipinski definition) is 4. The summed E-state index contributed by atoms with van der Waals surface area (Å²) in [5.41, 5.74) is 20.0. The van der Waals surface area contributed by atoms with Gasteiger partial charge in [0.2, 0.25) is 5.95 Å². The minimum atomic E-state index is 0.205. The molecule has 0 aliphatic carbocycles. The lowest BCUT2D eigenvalue weighted by molar-refractivity contribution is 1.24. The van der Waals surface area contributed by atoms with Gasteiger partial charge in [-0.25, -0.2) is 4.98 Å². The lowest BCUT2D eigenvalue weighted by Gasteiger charge is -2.16. The Morgan fingerprint density at radius 2 is 1.45 bits per heavy atom. The molecule has 0 amide bonds. The van der Waals surface area contributed by atoms with Crippen molar-refractivity contribution in [1.82, 2.24) is 9.97 Å². The summed E-state index contributed by atoms with van der Waals surface area (Å²) in [5.74, 6) is 0.626. The molecule has 2 aromatic carbocycles. The number of rotatable bonds is 1. The van der Waals surface area contributed by atoms with Crippen LogP contribution in [-0.2, 0) is 0 Å². The zero-order valence-corrected chi connectivity index (χ0v) is 13.4. The fourth-order valence-corrected chi connectivity index (χ4v) is 2.98. The van der Waals surface area contributed by atoms with Gasteiger partial charge in [0, 0.05) is 5.39 Å². The highest BCUT2D eigenvalue weighted by Crippen LogP contribution is 2.34. The SMILES string of the molecule is Cc1cc(C)c(C)c(-c2ccc3nc(N)nc(N)c3c2)c1C. The fourth-order valence-electron chi connectivity index (χ4n) is 2.98. The molecule has 0 saturated carbocycles. The molecule has 3 aromatic rings. The zero-order valence-electron chi connectivity index (χ0n) is 13.4. The van der Waals surface area contributed by atoms with Gasteiger partial charge in [-0.05, 0) is 73.2 Å². The van der Waals surface area contributed by atoms with E-state index in [9.17, 15) is 0 Å². The Morgan fingerprint density at radius 1 is 0.818 bits per heavy atom. The highest BCUT2D eigenvalue weighted by atomic mass is 15.0. The zero-order chi connectivity index (χ0) is 16.0. The smallest absolute Gasteiger partial charge is 0.222 e. The molecule has 0 radical (unpaired) electrons. The summed E-state index contributed by atoms with van der Waals surface area (Å²) < 4.78 is 0. The Labute approximate surface area is 130 Å². The average Bonchev–Trinajstić information content (AvgIpc) is 2.46. The third-order valence-corrected chi connectivity index (χ3v) is 4.40. The van der Waals surface area contributed by atoms with Crippen LogP contribution >= 0.6 is 0 Å². The Kier molecular flexibility index (Phi) is 3.24.